The first-order valence-electron chi connectivity index (χ1n) is 14.9. The average molecular weight is 475 g/mol. The molecule has 0 amide bonds. The highest BCUT2D eigenvalue weighted by molar-refractivity contribution is 5.69. The van der Waals surface area contributed by atoms with Crippen LogP contribution in [0, 0.1) is 0 Å². The van der Waals surface area contributed by atoms with Gasteiger partial charge in [-0.2, -0.15) is 0 Å². The first kappa shape index (κ1) is 32.7. The summed E-state index contributed by atoms with van der Waals surface area (Å²) in [6.45, 7) is 5.07. The van der Waals surface area contributed by atoms with Gasteiger partial charge in [-0.15, -0.1) is 0 Å². The van der Waals surface area contributed by atoms with Crippen LogP contribution in [-0.4, -0.2) is 12.6 Å². The normalized spacial score (nSPS) is 11.9. The number of hydrogen-bond acceptors (Lipinski definition) is 2. The Morgan fingerprint density at radius 3 is 1.50 bits per heavy atom. The molecule has 198 valence electrons. The molecule has 2 nitrogen and oxygen atoms in total. The second-order valence-corrected chi connectivity index (χ2v) is 9.72. The van der Waals surface area contributed by atoms with E-state index < -0.39 is 0 Å². The summed E-state index contributed by atoms with van der Waals surface area (Å²) in [5.41, 5.74) is 0. The molecule has 0 aromatic rings. The zero-order chi connectivity index (χ0) is 24.8. The average Bonchev–Trinajstić information content (AvgIpc) is 2.84. The van der Waals surface area contributed by atoms with Crippen LogP contribution in [0.3, 0.4) is 0 Å². The van der Waals surface area contributed by atoms with Crippen molar-refractivity contribution >= 4 is 5.97 Å². The largest absolute Gasteiger partial charge is 0.466 e. The first-order chi connectivity index (χ1) is 16.8. The van der Waals surface area contributed by atoms with Crippen molar-refractivity contribution in [1.82, 2.24) is 0 Å². The molecule has 0 aliphatic rings. The molecule has 0 bridgehead atoms. The van der Waals surface area contributed by atoms with Gasteiger partial charge in [-0.25, -0.2) is 0 Å². The standard InChI is InChI=1S/C32H58O2/c1-3-5-7-9-11-13-15-16-17-18-19-20-22-24-26-28-30-32(33)34-31-29-27-25-23-21-14-12-10-8-6-4-2/h12,14,16-17,23,25H,3-11,13,15,18-22,24,26-31H2,1-2H3/b14-12-,17-16+,25-23-. The van der Waals surface area contributed by atoms with Crippen molar-refractivity contribution < 1.29 is 9.53 Å². The lowest BCUT2D eigenvalue weighted by Gasteiger charge is -2.04. The number of rotatable bonds is 26. The maximum Gasteiger partial charge on any atom is 0.305 e. The van der Waals surface area contributed by atoms with Gasteiger partial charge in [-0.1, -0.05) is 121 Å². The summed E-state index contributed by atoms with van der Waals surface area (Å²) in [7, 11) is 0. The van der Waals surface area contributed by atoms with Gasteiger partial charge in [0.1, 0.15) is 0 Å². The van der Waals surface area contributed by atoms with E-state index in [9.17, 15) is 4.79 Å². The zero-order valence-corrected chi connectivity index (χ0v) is 23.0. The Labute approximate surface area is 213 Å². The Bertz CT molecular complexity index is 489. The third-order valence-electron chi connectivity index (χ3n) is 6.25. The quantitative estimate of drug-likeness (QED) is 0.0707. The highest BCUT2D eigenvalue weighted by Crippen LogP contribution is 2.11. The van der Waals surface area contributed by atoms with E-state index in [0.717, 1.165) is 32.1 Å². The third-order valence-corrected chi connectivity index (χ3v) is 6.25. The lowest BCUT2D eigenvalue weighted by Crippen LogP contribution is -2.05. The van der Waals surface area contributed by atoms with E-state index in [4.69, 9.17) is 4.74 Å². The molecule has 34 heavy (non-hydrogen) atoms. The number of unbranched alkanes of at least 4 members (excludes halogenated alkanes) is 16. The monoisotopic (exact) mass is 474 g/mol. The molecule has 0 heterocycles. The van der Waals surface area contributed by atoms with E-state index in [0.29, 0.717) is 13.0 Å². The third kappa shape index (κ3) is 28.7. The molecule has 0 saturated carbocycles. The smallest absolute Gasteiger partial charge is 0.305 e. The van der Waals surface area contributed by atoms with Gasteiger partial charge in [0, 0.05) is 6.42 Å². The molecule has 0 rings (SSSR count). The molecule has 0 aromatic carbocycles. The maximum absolute atomic E-state index is 11.8. The topological polar surface area (TPSA) is 26.3 Å². The van der Waals surface area contributed by atoms with Crippen LogP contribution in [0.2, 0.25) is 0 Å². The number of carbonyl (C=O) groups is 1. The van der Waals surface area contributed by atoms with Crippen molar-refractivity contribution in [3.8, 4) is 0 Å². The summed E-state index contributed by atoms with van der Waals surface area (Å²) in [4.78, 5) is 11.8. The zero-order valence-electron chi connectivity index (χ0n) is 23.0. The van der Waals surface area contributed by atoms with E-state index in [-0.39, 0.29) is 5.97 Å². The summed E-state index contributed by atoms with van der Waals surface area (Å²) in [6.07, 6.45) is 40.4. The minimum absolute atomic E-state index is 0.0190. The van der Waals surface area contributed by atoms with Crippen LogP contribution in [0.1, 0.15) is 155 Å². The molecule has 0 atom stereocenters. The minimum atomic E-state index is -0.0190. The molecule has 2 heteroatoms. The molecule has 0 radical (unpaired) electrons. The predicted octanol–water partition coefficient (Wildman–Crippen LogP) is 10.8. The van der Waals surface area contributed by atoms with E-state index in [2.05, 4.69) is 50.3 Å². The van der Waals surface area contributed by atoms with Crippen LogP contribution in [0.5, 0.6) is 0 Å². The predicted molar refractivity (Wildman–Crippen MR) is 151 cm³/mol. The Morgan fingerprint density at radius 1 is 0.500 bits per heavy atom. The fourth-order valence-electron chi connectivity index (χ4n) is 4.00. The van der Waals surface area contributed by atoms with Crippen molar-refractivity contribution in [1.29, 1.82) is 0 Å². The van der Waals surface area contributed by atoms with E-state index in [1.165, 1.54) is 103 Å². The van der Waals surface area contributed by atoms with Gasteiger partial charge in [0.25, 0.3) is 0 Å². The molecule has 0 aliphatic carbocycles. The Kier molecular flexibility index (Phi) is 28.6. The number of hydrogen-bond donors (Lipinski definition) is 0. The van der Waals surface area contributed by atoms with E-state index in [1.54, 1.807) is 0 Å². The van der Waals surface area contributed by atoms with Gasteiger partial charge in [-0.05, 0) is 64.2 Å². The Morgan fingerprint density at radius 2 is 0.912 bits per heavy atom. The van der Waals surface area contributed by atoms with Gasteiger partial charge in [0.2, 0.25) is 0 Å². The SMILES string of the molecule is CCCCC/C=C\C/C=C\CCCOC(=O)CCCCCCCC/C=C/CCCCCCCC. The minimum Gasteiger partial charge on any atom is -0.466 e. The molecule has 0 spiro atoms. The molecule has 0 saturated heterocycles. The van der Waals surface area contributed by atoms with Gasteiger partial charge in [0.05, 0.1) is 6.61 Å². The van der Waals surface area contributed by atoms with Crippen LogP contribution in [0.4, 0.5) is 0 Å². The summed E-state index contributed by atoms with van der Waals surface area (Å²) >= 11 is 0. The molecule has 0 unspecified atom stereocenters. The molecular formula is C32H58O2. The van der Waals surface area contributed by atoms with Gasteiger partial charge < -0.3 is 4.74 Å². The number of carbonyl (C=O) groups excluding carboxylic acids is 1. The van der Waals surface area contributed by atoms with Crippen molar-refractivity contribution in [3.05, 3.63) is 36.5 Å². The molecule has 0 N–H and O–H groups in total. The number of esters is 1. The highest BCUT2D eigenvalue weighted by Gasteiger charge is 2.02. The molecular weight excluding hydrogens is 416 g/mol. The second-order valence-electron chi connectivity index (χ2n) is 9.72. The summed E-state index contributed by atoms with van der Waals surface area (Å²) < 4.78 is 5.35. The first-order valence-corrected chi connectivity index (χ1v) is 14.9. The van der Waals surface area contributed by atoms with Gasteiger partial charge >= 0.3 is 5.97 Å². The van der Waals surface area contributed by atoms with E-state index >= 15 is 0 Å². The fraction of sp³-hybridized carbons (Fsp3) is 0.781. The molecule has 0 fully saturated rings. The van der Waals surface area contributed by atoms with Crippen LogP contribution < -0.4 is 0 Å². The van der Waals surface area contributed by atoms with Crippen LogP contribution >= 0.6 is 0 Å². The van der Waals surface area contributed by atoms with Gasteiger partial charge in [0.15, 0.2) is 0 Å². The van der Waals surface area contributed by atoms with Crippen molar-refractivity contribution in [3.63, 3.8) is 0 Å². The Balaban J connectivity index is 3.29. The highest BCUT2D eigenvalue weighted by atomic mass is 16.5. The second kappa shape index (κ2) is 29.7. The lowest BCUT2D eigenvalue weighted by atomic mass is 10.1. The van der Waals surface area contributed by atoms with Gasteiger partial charge in [-0.3, -0.25) is 4.79 Å². The summed E-state index contributed by atoms with van der Waals surface area (Å²) in [5, 5.41) is 0. The molecule has 0 aromatic heterocycles. The maximum atomic E-state index is 11.8. The van der Waals surface area contributed by atoms with Crippen LogP contribution in [0.25, 0.3) is 0 Å². The van der Waals surface area contributed by atoms with Crippen molar-refractivity contribution in [2.75, 3.05) is 6.61 Å². The molecule has 0 aliphatic heterocycles. The fourth-order valence-corrected chi connectivity index (χ4v) is 4.00. The van der Waals surface area contributed by atoms with Crippen molar-refractivity contribution in [2.45, 2.75) is 155 Å². The summed E-state index contributed by atoms with van der Waals surface area (Å²) in [5.74, 6) is -0.0190. The Hall–Kier alpha value is -1.31. The number of ether oxygens (including phenoxy) is 1. The van der Waals surface area contributed by atoms with Crippen LogP contribution in [-0.2, 0) is 9.53 Å². The van der Waals surface area contributed by atoms with Crippen molar-refractivity contribution in [2.24, 2.45) is 0 Å². The van der Waals surface area contributed by atoms with Crippen LogP contribution in [0.15, 0.2) is 36.5 Å². The van der Waals surface area contributed by atoms with E-state index in [1.807, 2.05) is 0 Å². The number of allylic oxidation sites excluding steroid dienone is 6. The lowest BCUT2D eigenvalue weighted by molar-refractivity contribution is -0.143. The summed E-state index contributed by atoms with van der Waals surface area (Å²) in [6, 6.07) is 0.